The van der Waals surface area contributed by atoms with E-state index >= 15 is 0 Å². The average molecular weight is 369 g/mol. The number of ether oxygens (including phenoxy) is 1. The van der Waals surface area contributed by atoms with Gasteiger partial charge in [0.05, 0.1) is 17.8 Å². The third-order valence-corrected chi connectivity index (χ3v) is 4.68. The number of hydrogen-bond acceptors (Lipinski definition) is 4. The lowest BCUT2D eigenvalue weighted by Gasteiger charge is -2.12. The highest BCUT2D eigenvalue weighted by atomic mass is 79.9. The molecule has 0 amide bonds. The fourth-order valence-corrected chi connectivity index (χ4v) is 3.22. The van der Waals surface area contributed by atoms with E-state index in [0.717, 1.165) is 41.8 Å². The third kappa shape index (κ3) is 5.09. The van der Waals surface area contributed by atoms with E-state index in [4.69, 9.17) is 4.74 Å². The lowest BCUT2D eigenvalue weighted by molar-refractivity contribution is 0.318. The van der Waals surface area contributed by atoms with Crippen molar-refractivity contribution in [2.45, 2.75) is 33.2 Å². The number of aryl methyl sites for hydroxylation is 1. The van der Waals surface area contributed by atoms with Crippen molar-refractivity contribution in [2.75, 3.05) is 13.2 Å². The van der Waals surface area contributed by atoms with Gasteiger partial charge in [0.1, 0.15) is 5.75 Å². The lowest BCUT2D eigenvalue weighted by Crippen LogP contribution is -2.15. The predicted molar refractivity (Wildman–Crippen MR) is 92.2 cm³/mol. The number of thiazole rings is 1. The van der Waals surface area contributed by atoms with Crippen LogP contribution in [0.2, 0.25) is 0 Å². The van der Waals surface area contributed by atoms with E-state index in [0.29, 0.717) is 6.61 Å². The molecule has 2 aromatic rings. The summed E-state index contributed by atoms with van der Waals surface area (Å²) < 4.78 is 7.05. The number of nitrogens with one attached hydrogen (secondary N) is 1. The van der Waals surface area contributed by atoms with Crippen LogP contribution in [0.15, 0.2) is 28.2 Å². The van der Waals surface area contributed by atoms with Crippen molar-refractivity contribution in [3.05, 3.63) is 44.3 Å². The number of hydrogen-bond donors (Lipinski definition) is 1. The zero-order valence-electron chi connectivity index (χ0n) is 12.5. The smallest absolute Gasteiger partial charge is 0.123 e. The molecule has 0 aliphatic heterocycles. The summed E-state index contributed by atoms with van der Waals surface area (Å²) in [5.41, 5.74) is 4.20. The van der Waals surface area contributed by atoms with Gasteiger partial charge in [-0.3, -0.25) is 0 Å². The molecule has 0 aliphatic carbocycles. The van der Waals surface area contributed by atoms with Gasteiger partial charge in [-0.05, 0) is 38.1 Å². The second kappa shape index (κ2) is 8.51. The van der Waals surface area contributed by atoms with Crippen LogP contribution >= 0.6 is 27.3 Å². The molecule has 114 valence electrons. The molecule has 0 saturated carbocycles. The van der Waals surface area contributed by atoms with E-state index in [1.807, 2.05) is 24.6 Å². The first-order valence-corrected chi connectivity index (χ1v) is 8.89. The van der Waals surface area contributed by atoms with Gasteiger partial charge in [0, 0.05) is 27.9 Å². The molecular weight excluding hydrogens is 348 g/mol. The maximum Gasteiger partial charge on any atom is 0.123 e. The summed E-state index contributed by atoms with van der Waals surface area (Å²) in [6, 6.07) is 6.18. The Morgan fingerprint density at radius 1 is 1.38 bits per heavy atom. The van der Waals surface area contributed by atoms with Gasteiger partial charge in [-0.15, -0.1) is 11.3 Å². The first kappa shape index (κ1) is 16.5. The Morgan fingerprint density at radius 2 is 2.24 bits per heavy atom. The highest BCUT2D eigenvalue weighted by Crippen LogP contribution is 2.24. The maximum atomic E-state index is 5.97. The normalized spacial score (nSPS) is 10.8. The Morgan fingerprint density at radius 3 is 2.95 bits per heavy atom. The summed E-state index contributed by atoms with van der Waals surface area (Å²) >= 11 is 5.22. The van der Waals surface area contributed by atoms with E-state index in [-0.39, 0.29) is 0 Å². The van der Waals surface area contributed by atoms with Crippen LogP contribution in [0.3, 0.4) is 0 Å². The minimum Gasteiger partial charge on any atom is -0.493 e. The lowest BCUT2D eigenvalue weighted by atomic mass is 10.2. The molecule has 1 aromatic carbocycles. The second-order valence-electron chi connectivity index (χ2n) is 4.89. The molecule has 5 heteroatoms. The highest BCUT2D eigenvalue weighted by molar-refractivity contribution is 9.10. The minimum atomic E-state index is 0.686. The molecule has 0 saturated heterocycles. The van der Waals surface area contributed by atoms with Gasteiger partial charge >= 0.3 is 0 Å². The van der Waals surface area contributed by atoms with Crippen LogP contribution in [0, 0.1) is 6.92 Å². The zero-order chi connectivity index (χ0) is 15.1. The molecule has 0 unspecified atom stereocenters. The van der Waals surface area contributed by atoms with Crippen LogP contribution in [0.4, 0.5) is 0 Å². The molecule has 1 heterocycles. The van der Waals surface area contributed by atoms with E-state index < -0.39 is 0 Å². The quantitative estimate of drug-likeness (QED) is 0.703. The predicted octanol–water partition coefficient (Wildman–Crippen LogP) is 4.34. The number of halogens is 1. The Kier molecular flexibility index (Phi) is 6.67. The van der Waals surface area contributed by atoms with Crippen molar-refractivity contribution in [1.29, 1.82) is 0 Å². The summed E-state index contributed by atoms with van der Waals surface area (Å²) in [5, 5.41) is 3.42. The van der Waals surface area contributed by atoms with Gasteiger partial charge in [-0.25, -0.2) is 4.98 Å². The maximum absolute atomic E-state index is 5.97. The van der Waals surface area contributed by atoms with Gasteiger partial charge in [-0.1, -0.05) is 22.9 Å². The first-order chi connectivity index (χ1) is 10.2. The van der Waals surface area contributed by atoms with Crippen LogP contribution in [0.1, 0.15) is 29.5 Å². The van der Waals surface area contributed by atoms with Crippen molar-refractivity contribution in [3.63, 3.8) is 0 Å². The molecule has 1 aromatic heterocycles. The van der Waals surface area contributed by atoms with Crippen molar-refractivity contribution >= 4 is 27.3 Å². The summed E-state index contributed by atoms with van der Waals surface area (Å²) in [4.78, 5) is 5.57. The molecule has 21 heavy (non-hydrogen) atoms. The average Bonchev–Trinajstić information content (AvgIpc) is 2.87. The van der Waals surface area contributed by atoms with Crippen LogP contribution in [-0.2, 0) is 13.0 Å². The number of nitrogens with zero attached hydrogens (tertiary/aromatic N) is 1. The Bertz CT molecular complexity index is 571. The summed E-state index contributed by atoms with van der Waals surface area (Å²) in [6.45, 7) is 6.76. The number of benzene rings is 1. The van der Waals surface area contributed by atoms with Gasteiger partial charge in [-0.2, -0.15) is 0 Å². The Balaban J connectivity index is 1.93. The van der Waals surface area contributed by atoms with Crippen LogP contribution in [-0.4, -0.2) is 18.1 Å². The van der Waals surface area contributed by atoms with E-state index in [1.165, 1.54) is 10.4 Å². The van der Waals surface area contributed by atoms with Crippen LogP contribution in [0.5, 0.6) is 5.75 Å². The van der Waals surface area contributed by atoms with Crippen molar-refractivity contribution in [2.24, 2.45) is 0 Å². The van der Waals surface area contributed by atoms with E-state index in [2.05, 4.69) is 39.2 Å². The summed E-state index contributed by atoms with van der Waals surface area (Å²) in [7, 11) is 0. The second-order valence-corrected chi connectivity index (χ2v) is 6.74. The van der Waals surface area contributed by atoms with Gasteiger partial charge < -0.3 is 10.1 Å². The monoisotopic (exact) mass is 368 g/mol. The molecule has 0 aliphatic rings. The molecule has 0 fully saturated rings. The van der Waals surface area contributed by atoms with E-state index in [1.54, 1.807) is 11.3 Å². The minimum absolute atomic E-state index is 0.686. The SMILES string of the molecule is CCCNCc1cc(Br)ccc1OCCc1scnc1C. The van der Waals surface area contributed by atoms with Crippen molar-refractivity contribution < 1.29 is 4.74 Å². The third-order valence-electron chi connectivity index (χ3n) is 3.20. The number of rotatable bonds is 8. The van der Waals surface area contributed by atoms with E-state index in [9.17, 15) is 0 Å². The first-order valence-electron chi connectivity index (χ1n) is 7.21. The molecule has 2 rings (SSSR count). The molecule has 0 spiro atoms. The van der Waals surface area contributed by atoms with Crippen molar-refractivity contribution in [1.82, 2.24) is 10.3 Å². The summed E-state index contributed by atoms with van der Waals surface area (Å²) in [6.07, 6.45) is 2.04. The van der Waals surface area contributed by atoms with Gasteiger partial charge in [0.2, 0.25) is 0 Å². The standard InChI is InChI=1S/C16H21BrN2OS/c1-3-7-18-10-13-9-14(17)4-5-15(13)20-8-6-16-12(2)19-11-21-16/h4-5,9,11,18H,3,6-8,10H2,1-2H3. The number of aromatic nitrogens is 1. The summed E-state index contributed by atoms with van der Waals surface area (Å²) in [5.74, 6) is 0.962. The molecule has 1 N–H and O–H groups in total. The van der Waals surface area contributed by atoms with Crippen LogP contribution in [0.25, 0.3) is 0 Å². The van der Waals surface area contributed by atoms with Crippen molar-refractivity contribution in [3.8, 4) is 5.75 Å². The Hall–Kier alpha value is -0.910. The fourth-order valence-electron chi connectivity index (χ4n) is 2.05. The molecule has 0 radical (unpaired) electrons. The van der Waals surface area contributed by atoms with Gasteiger partial charge in [0.15, 0.2) is 0 Å². The topological polar surface area (TPSA) is 34.1 Å². The highest BCUT2D eigenvalue weighted by Gasteiger charge is 2.06. The van der Waals surface area contributed by atoms with Gasteiger partial charge in [0.25, 0.3) is 0 Å². The zero-order valence-corrected chi connectivity index (χ0v) is 14.9. The molecule has 3 nitrogen and oxygen atoms in total. The Labute approximate surface area is 138 Å². The largest absolute Gasteiger partial charge is 0.493 e. The fraction of sp³-hybridized carbons (Fsp3) is 0.438. The molecule has 0 atom stereocenters. The molecule has 0 bridgehead atoms. The van der Waals surface area contributed by atoms with Crippen LogP contribution < -0.4 is 10.1 Å². The molecular formula is C16H21BrN2OS.